The molecule has 2 N–H and O–H groups in total. The number of hydrogen-bond donors (Lipinski definition) is 2. The molecular weight excluding hydrogens is 382 g/mol. The predicted molar refractivity (Wildman–Crippen MR) is 106 cm³/mol. The largest absolute Gasteiger partial charge is 0.388 e. The minimum atomic E-state index is -0.835. The summed E-state index contributed by atoms with van der Waals surface area (Å²) in [5.74, 6) is 0. The number of rotatable bonds is 8. The average Bonchev–Trinajstić information content (AvgIpc) is 3.22. The summed E-state index contributed by atoms with van der Waals surface area (Å²) in [5.41, 5.74) is 1.25. The van der Waals surface area contributed by atoms with Crippen LogP contribution in [0.15, 0.2) is 66.0 Å². The Morgan fingerprint density at radius 1 is 0.929 bits per heavy atom. The van der Waals surface area contributed by atoms with Crippen LogP contribution in [0.1, 0.15) is 29.0 Å². The van der Waals surface area contributed by atoms with E-state index in [1.54, 1.807) is 24.3 Å². The molecule has 0 radical (unpaired) electrons. The van der Waals surface area contributed by atoms with E-state index in [9.17, 15) is 25.3 Å². The van der Waals surface area contributed by atoms with Gasteiger partial charge in [0.2, 0.25) is 0 Å². The molecule has 3 rings (SSSR count). The molecule has 8 nitrogen and oxygen atoms in total. The molecule has 9 heteroatoms. The Balaban J connectivity index is 1.76. The highest BCUT2D eigenvalue weighted by atomic mass is 32.1. The van der Waals surface area contributed by atoms with Crippen LogP contribution in [0, 0.1) is 20.2 Å². The second kappa shape index (κ2) is 8.59. The molecule has 2 aromatic carbocycles. The lowest BCUT2D eigenvalue weighted by atomic mass is 10.0. The molecule has 1 aromatic heterocycles. The zero-order chi connectivity index (χ0) is 20.1. The Kier molecular flexibility index (Phi) is 5.97. The van der Waals surface area contributed by atoms with E-state index in [0.29, 0.717) is 17.7 Å². The molecule has 0 saturated carbocycles. The van der Waals surface area contributed by atoms with E-state index in [1.165, 1.54) is 35.6 Å². The second-order valence-electron chi connectivity index (χ2n) is 6.12. The highest BCUT2D eigenvalue weighted by Gasteiger charge is 2.20. The van der Waals surface area contributed by atoms with E-state index in [1.807, 2.05) is 17.5 Å². The summed E-state index contributed by atoms with van der Waals surface area (Å²) in [5, 5.41) is 37.4. The van der Waals surface area contributed by atoms with Crippen LogP contribution in [-0.2, 0) is 0 Å². The lowest BCUT2D eigenvalue weighted by Crippen LogP contribution is -2.14. The number of benzene rings is 2. The molecule has 0 aliphatic rings. The molecule has 2 unspecified atom stereocenters. The fourth-order valence-corrected chi connectivity index (χ4v) is 3.58. The van der Waals surface area contributed by atoms with E-state index < -0.39 is 16.0 Å². The maximum atomic E-state index is 10.8. The van der Waals surface area contributed by atoms with Gasteiger partial charge in [-0.15, -0.1) is 11.3 Å². The maximum absolute atomic E-state index is 10.8. The number of hydrogen-bond acceptors (Lipinski definition) is 7. The van der Waals surface area contributed by atoms with E-state index in [4.69, 9.17) is 0 Å². The quantitative estimate of drug-likeness (QED) is 0.413. The molecule has 0 spiro atoms. The minimum absolute atomic E-state index is 0.00383. The van der Waals surface area contributed by atoms with Crippen LogP contribution in [0.5, 0.6) is 0 Å². The van der Waals surface area contributed by atoms with Gasteiger partial charge in [0.25, 0.3) is 11.4 Å². The van der Waals surface area contributed by atoms with Crippen LogP contribution in [0.2, 0.25) is 0 Å². The van der Waals surface area contributed by atoms with Gasteiger partial charge in [0.15, 0.2) is 0 Å². The van der Waals surface area contributed by atoms with Gasteiger partial charge in [0.05, 0.1) is 22.0 Å². The molecule has 0 fully saturated rings. The SMILES string of the molecule is O=[N+]([O-])c1ccc(NC(CC(O)c2ccc([N+](=O)[O-])cc2)c2cccs2)cc1. The van der Waals surface area contributed by atoms with Crippen LogP contribution >= 0.6 is 11.3 Å². The molecule has 2 atom stereocenters. The number of nitrogens with zero attached hydrogens (tertiary/aromatic N) is 2. The fraction of sp³-hybridized carbons (Fsp3) is 0.158. The summed E-state index contributed by atoms with van der Waals surface area (Å²) >= 11 is 1.53. The number of aliphatic hydroxyl groups excluding tert-OH is 1. The Hall–Kier alpha value is -3.30. The standard InChI is InChI=1S/C19H17N3O5S/c23-18(13-3-7-15(8-4-13)21(24)25)12-17(19-2-1-11-28-19)20-14-5-9-16(10-6-14)22(26)27/h1-11,17-18,20,23H,12H2. The zero-order valence-electron chi connectivity index (χ0n) is 14.6. The van der Waals surface area contributed by atoms with Crippen molar-refractivity contribution in [1.82, 2.24) is 0 Å². The summed E-state index contributed by atoms with van der Waals surface area (Å²) in [7, 11) is 0. The van der Waals surface area contributed by atoms with E-state index >= 15 is 0 Å². The first-order valence-corrected chi connectivity index (χ1v) is 9.29. The van der Waals surface area contributed by atoms with Crippen LogP contribution in [0.25, 0.3) is 0 Å². The van der Waals surface area contributed by atoms with Crippen LogP contribution in [0.4, 0.5) is 17.1 Å². The monoisotopic (exact) mass is 399 g/mol. The predicted octanol–water partition coefficient (Wildman–Crippen LogP) is 4.84. The smallest absolute Gasteiger partial charge is 0.269 e. The number of nitrogens with one attached hydrogen (secondary N) is 1. The Labute approximate surface area is 164 Å². The Bertz CT molecular complexity index is 943. The topological polar surface area (TPSA) is 119 Å². The average molecular weight is 399 g/mol. The van der Waals surface area contributed by atoms with Gasteiger partial charge < -0.3 is 10.4 Å². The van der Waals surface area contributed by atoms with Crippen LogP contribution in [-0.4, -0.2) is 15.0 Å². The van der Waals surface area contributed by atoms with Crippen molar-refractivity contribution >= 4 is 28.4 Å². The van der Waals surface area contributed by atoms with Crippen molar-refractivity contribution in [2.75, 3.05) is 5.32 Å². The number of non-ortho nitro benzene ring substituents is 2. The molecule has 0 aliphatic carbocycles. The molecule has 144 valence electrons. The van der Waals surface area contributed by atoms with Gasteiger partial charge in [0, 0.05) is 41.3 Å². The molecule has 1 heterocycles. The minimum Gasteiger partial charge on any atom is -0.388 e. The van der Waals surface area contributed by atoms with Crippen molar-refractivity contribution in [3.05, 3.63) is 96.7 Å². The molecule has 3 aromatic rings. The third kappa shape index (κ3) is 4.70. The van der Waals surface area contributed by atoms with Crippen molar-refractivity contribution in [3.63, 3.8) is 0 Å². The lowest BCUT2D eigenvalue weighted by Gasteiger charge is -2.22. The van der Waals surface area contributed by atoms with Crippen molar-refractivity contribution in [2.45, 2.75) is 18.6 Å². The molecular formula is C19H17N3O5S. The first kappa shape index (κ1) is 19.5. The normalized spacial score (nSPS) is 12.9. The third-order valence-corrected chi connectivity index (χ3v) is 5.24. The molecule has 28 heavy (non-hydrogen) atoms. The van der Waals surface area contributed by atoms with Crippen LogP contribution in [0.3, 0.4) is 0 Å². The van der Waals surface area contributed by atoms with Crippen molar-refractivity contribution < 1.29 is 15.0 Å². The summed E-state index contributed by atoms with van der Waals surface area (Å²) < 4.78 is 0. The second-order valence-corrected chi connectivity index (χ2v) is 7.10. The Morgan fingerprint density at radius 3 is 2.00 bits per heavy atom. The number of nitro groups is 2. The van der Waals surface area contributed by atoms with Gasteiger partial charge in [0.1, 0.15) is 0 Å². The highest BCUT2D eigenvalue weighted by Crippen LogP contribution is 2.33. The number of anilines is 1. The van der Waals surface area contributed by atoms with E-state index in [-0.39, 0.29) is 17.4 Å². The van der Waals surface area contributed by atoms with Crippen molar-refractivity contribution in [1.29, 1.82) is 0 Å². The summed E-state index contributed by atoms with van der Waals surface area (Å²) in [4.78, 5) is 21.6. The van der Waals surface area contributed by atoms with E-state index in [2.05, 4.69) is 5.32 Å². The molecule has 0 amide bonds. The number of nitro benzene ring substituents is 2. The maximum Gasteiger partial charge on any atom is 0.269 e. The van der Waals surface area contributed by atoms with Gasteiger partial charge in [-0.3, -0.25) is 20.2 Å². The van der Waals surface area contributed by atoms with E-state index in [0.717, 1.165) is 4.88 Å². The zero-order valence-corrected chi connectivity index (χ0v) is 15.4. The fourth-order valence-electron chi connectivity index (χ4n) is 2.79. The number of thiophene rings is 1. The Morgan fingerprint density at radius 2 is 1.50 bits per heavy atom. The highest BCUT2D eigenvalue weighted by molar-refractivity contribution is 7.10. The first-order valence-electron chi connectivity index (χ1n) is 8.41. The third-order valence-electron chi connectivity index (χ3n) is 4.25. The molecule has 0 aliphatic heterocycles. The summed E-state index contributed by atoms with van der Waals surface area (Å²) in [6.45, 7) is 0. The van der Waals surface area contributed by atoms with Crippen molar-refractivity contribution in [2.24, 2.45) is 0 Å². The van der Waals surface area contributed by atoms with Gasteiger partial charge in [-0.05, 0) is 41.3 Å². The van der Waals surface area contributed by atoms with Gasteiger partial charge in [-0.25, -0.2) is 0 Å². The molecule has 0 saturated heterocycles. The number of aliphatic hydroxyl groups is 1. The van der Waals surface area contributed by atoms with Gasteiger partial charge in [-0.2, -0.15) is 0 Å². The van der Waals surface area contributed by atoms with Gasteiger partial charge >= 0.3 is 0 Å². The van der Waals surface area contributed by atoms with Crippen LogP contribution < -0.4 is 5.32 Å². The van der Waals surface area contributed by atoms with Gasteiger partial charge in [-0.1, -0.05) is 6.07 Å². The first-order chi connectivity index (χ1) is 13.4. The molecule has 0 bridgehead atoms. The van der Waals surface area contributed by atoms with Crippen molar-refractivity contribution in [3.8, 4) is 0 Å². The summed E-state index contributed by atoms with van der Waals surface area (Å²) in [6.07, 6.45) is -0.506. The summed E-state index contributed by atoms with van der Waals surface area (Å²) in [6, 6.07) is 15.5. The lowest BCUT2D eigenvalue weighted by molar-refractivity contribution is -0.385.